The van der Waals surface area contributed by atoms with E-state index in [1.807, 2.05) is 6.92 Å². The van der Waals surface area contributed by atoms with Crippen LogP contribution in [0, 0.1) is 6.92 Å². The van der Waals surface area contributed by atoms with Crippen LogP contribution in [0.15, 0.2) is 51.8 Å². The van der Waals surface area contributed by atoms with Crippen LogP contribution in [0.4, 0.5) is 5.69 Å². The lowest BCUT2D eigenvalue weighted by Crippen LogP contribution is -2.12. The average molecular weight is 435 g/mol. The van der Waals surface area contributed by atoms with E-state index in [4.69, 9.17) is 9.56 Å². The molecule has 6 nitrogen and oxygen atoms in total. The highest BCUT2D eigenvalue weighted by molar-refractivity contribution is 7.89. The summed E-state index contributed by atoms with van der Waals surface area (Å²) in [6, 6.07) is 12.6. The van der Waals surface area contributed by atoms with Gasteiger partial charge in [-0.3, -0.25) is 4.79 Å². The molecule has 1 aliphatic heterocycles. The number of hydrogen-bond donors (Lipinski definition) is 2. The minimum Gasteiger partial charge on any atom is -0.461 e. The van der Waals surface area contributed by atoms with E-state index in [1.165, 1.54) is 23.3 Å². The normalized spacial score (nSPS) is 16.8. The molecule has 0 fully saturated rings. The Morgan fingerprint density at radius 2 is 1.81 bits per heavy atom. The molecule has 158 valence electrons. The van der Waals surface area contributed by atoms with Crippen molar-refractivity contribution in [3.05, 3.63) is 70.7 Å². The summed E-state index contributed by atoms with van der Waals surface area (Å²) in [5.41, 5.74) is 5.82. The van der Waals surface area contributed by atoms with Gasteiger partial charge in [-0.2, -0.15) is 0 Å². The van der Waals surface area contributed by atoms with Crippen molar-refractivity contribution in [3.8, 4) is 11.1 Å². The van der Waals surface area contributed by atoms with Crippen LogP contribution in [-0.2, 0) is 27.7 Å². The van der Waals surface area contributed by atoms with Gasteiger partial charge < -0.3 is 9.73 Å². The molecule has 0 unspecified atom stereocenters. The van der Waals surface area contributed by atoms with Crippen molar-refractivity contribution in [2.75, 3.05) is 5.32 Å². The lowest BCUT2D eigenvalue weighted by molar-refractivity contribution is -0.110. The van der Waals surface area contributed by atoms with Crippen molar-refractivity contribution in [2.45, 2.75) is 37.5 Å². The molecule has 3 N–H and O–H groups in total. The van der Waals surface area contributed by atoms with Gasteiger partial charge in [0, 0.05) is 28.8 Å². The third-order valence-corrected chi connectivity index (χ3v) is 6.83. The van der Waals surface area contributed by atoms with Gasteiger partial charge in [0.15, 0.2) is 0 Å². The fraction of sp³-hybridized carbons (Fsp3) is 0.208. The van der Waals surface area contributed by atoms with Crippen LogP contribution in [-0.4, -0.2) is 14.3 Å². The van der Waals surface area contributed by atoms with Crippen molar-refractivity contribution in [1.29, 1.82) is 0 Å². The van der Waals surface area contributed by atoms with Gasteiger partial charge in [-0.15, -0.1) is 0 Å². The summed E-state index contributed by atoms with van der Waals surface area (Å²) in [7, 11) is -3.89. The summed E-state index contributed by atoms with van der Waals surface area (Å²) in [4.78, 5) is 12.7. The number of aryl methyl sites for hydroxylation is 2. The van der Waals surface area contributed by atoms with Gasteiger partial charge in [0.25, 0.3) is 5.91 Å². The molecule has 1 amide bonds. The zero-order chi connectivity index (χ0) is 21.8. The van der Waals surface area contributed by atoms with Crippen LogP contribution in [0.2, 0.25) is 0 Å². The highest BCUT2D eigenvalue weighted by Gasteiger charge is 2.29. The van der Waals surface area contributed by atoms with Crippen LogP contribution >= 0.6 is 0 Å². The van der Waals surface area contributed by atoms with Crippen LogP contribution in [0.25, 0.3) is 22.8 Å². The second-order valence-electron chi connectivity index (χ2n) is 8.08. The van der Waals surface area contributed by atoms with Gasteiger partial charge in [0.2, 0.25) is 10.0 Å². The molecule has 1 aliphatic carbocycles. The first kappa shape index (κ1) is 19.8. The Bertz CT molecular complexity index is 1350. The SMILES string of the molecule is Cc1ccc(-c2c(C=C3C(=O)Nc4ccc(S(N)(=O)=O)cc43)oc3c2CCCC3)cc1. The largest absolute Gasteiger partial charge is 0.461 e. The van der Waals surface area contributed by atoms with Crippen LogP contribution in [0.3, 0.4) is 0 Å². The fourth-order valence-corrected chi connectivity index (χ4v) is 4.88. The number of nitrogens with two attached hydrogens (primary N) is 1. The maximum Gasteiger partial charge on any atom is 0.256 e. The van der Waals surface area contributed by atoms with E-state index in [-0.39, 0.29) is 10.8 Å². The third-order valence-electron chi connectivity index (χ3n) is 5.92. The molecular weight excluding hydrogens is 412 g/mol. The highest BCUT2D eigenvalue weighted by atomic mass is 32.2. The van der Waals surface area contributed by atoms with Crippen LogP contribution < -0.4 is 10.5 Å². The maximum absolute atomic E-state index is 12.7. The van der Waals surface area contributed by atoms with E-state index in [2.05, 4.69) is 29.6 Å². The Hall–Kier alpha value is -3.16. The number of carbonyl (C=O) groups excluding carboxylic acids is 1. The molecule has 31 heavy (non-hydrogen) atoms. The molecule has 0 saturated carbocycles. The Balaban J connectivity index is 1.70. The third kappa shape index (κ3) is 3.49. The lowest BCUT2D eigenvalue weighted by atomic mass is 9.90. The topological polar surface area (TPSA) is 102 Å². The minimum absolute atomic E-state index is 0.0360. The first-order valence-corrected chi connectivity index (χ1v) is 11.8. The predicted octanol–water partition coefficient (Wildman–Crippen LogP) is 4.27. The Morgan fingerprint density at radius 1 is 1.06 bits per heavy atom. The molecule has 3 aromatic rings. The Kier molecular flexibility index (Phi) is 4.60. The predicted molar refractivity (Wildman–Crippen MR) is 120 cm³/mol. The van der Waals surface area contributed by atoms with Crippen molar-refractivity contribution in [1.82, 2.24) is 0 Å². The Morgan fingerprint density at radius 3 is 2.55 bits per heavy atom. The molecule has 2 heterocycles. The number of fused-ring (bicyclic) bond motifs is 2. The molecule has 5 rings (SSSR count). The molecule has 0 saturated heterocycles. The molecule has 0 atom stereocenters. The quantitative estimate of drug-likeness (QED) is 0.601. The molecule has 2 aromatic carbocycles. The summed E-state index contributed by atoms with van der Waals surface area (Å²) in [5, 5.41) is 8.08. The first-order valence-electron chi connectivity index (χ1n) is 10.2. The van der Waals surface area contributed by atoms with E-state index >= 15 is 0 Å². The van der Waals surface area contributed by atoms with E-state index in [0.29, 0.717) is 22.6 Å². The number of benzene rings is 2. The molecule has 0 radical (unpaired) electrons. The van der Waals surface area contributed by atoms with Gasteiger partial charge in [-0.25, -0.2) is 13.6 Å². The molecular formula is C24H22N2O4S. The van der Waals surface area contributed by atoms with E-state index in [9.17, 15) is 13.2 Å². The number of nitrogens with one attached hydrogen (secondary N) is 1. The monoisotopic (exact) mass is 434 g/mol. The van der Waals surface area contributed by atoms with Gasteiger partial charge in [-0.1, -0.05) is 29.8 Å². The molecule has 0 bridgehead atoms. The van der Waals surface area contributed by atoms with Crippen molar-refractivity contribution < 1.29 is 17.6 Å². The molecule has 1 aromatic heterocycles. The zero-order valence-corrected chi connectivity index (χ0v) is 17.9. The number of sulfonamides is 1. The molecule has 7 heteroatoms. The second kappa shape index (κ2) is 7.21. The summed E-state index contributed by atoms with van der Waals surface area (Å²) in [5.74, 6) is 1.28. The minimum atomic E-state index is -3.89. The molecule has 0 spiro atoms. The number of anilines is 1. The Labute approximate surface area is 180 Å². The standard InChI is InChI=1S/C24H22N2O4S/c1-14-6-8-15(9-7-14)23-17-4-2-3-5-21(17)30-22(23)13-19-18-12-16(31(25,28)29)10-11-20(18)26-24(19)27/h6-13H,2-5H2,1H3,(H,26,27)(H2,25,28,29). The number of hydrogen-bond acceptors (Lipinski definition) is 4. The van der Waals surface area contributed by atoms with Crippen molar-refractivity contribution in [3.63, 3.8) is 0 Å². The van der Waals surface area contributed by atoms with Gasteiger partial charge in [0.1, 0.15) is 11.5 Å². The smallest absolute Gasteiger partial charge is 0.256 e. The van der Waals surface area contributed by atoms with E-state index in [1.54, 1.807) is 12.1 Å². The van der Waals surface area contributed by atoms with Crippen LogP contribution in [0.1, 0.15) is 41.1 Å². The summed E-state index contributed by atoms with van der Waals surface area (Å²) >= 11 is 0. The van der Waals surface area contributed by atoms with E-state index < -0.39 is 10.0 Å². The van der Waals surface area contributed by atoms with E-state index in [0.717, 1.165) is 42.6 Å². The fourth-order valence-electron chi connectivity index (χ4n) is 4.34. The lowest BCUT2D eigenvalue weighted by Gasteiger charge is -2.11. The number of furan rings is 1. The maximum atomic E-state index is 12.7. The number of amides is 1. The van der Waals surface area contributed by atoms with Crippen molar-refractivity contribution in [2.24, 2.45) is 5.14 Å². The highest BCUT2D eigenvalue weighted by Crippen LogP contribution is 2.41. The summed E-state index contributed by atoms with van der Waals surface area (Å²) < 4.78 is 29.9. The van der Waals surface area contributed by atoms with Gasteiger partial charge >= 0.3 is 0 Å². The van der Waals surface area contributed by atoms with Gasteiger partial charge in [0.05, 0.1) is 10.5 Å². The summed E-state index contributed by atoms with van der Waals surface area (Å²) in [6.07, 6.45) is 5.70. The van der Waals surface area contributed by atoms with Gasteiger partial charge in [-0.05, 0) is 56.0 Å². The summed E-state index contributed by atoms with van der Waals surface area (Å²) in [6.45, 7) is 2.04. The van der Waals surface area contributed by atoms with Crippen LogP contribution in [0.5, 0.6) is 0 Å². The number of primary sulfonamides is 1. The number of rotatable bonds is 3. The molecule has 2 aliphatic rings. The zero-order valence-electron chi connectivity index (χ0n) is 17.1. The number of carbonyl (C=O) groups is 1. The van der Waals surface area contributed by atoms with Crippen molar-refractivity contribution >= 4 is 33.3 Å². The first-order chi connectivity index (χ1) is 14.8. The average Bonchev–Trinajstić information content (AvgIpc) is 3.25. The second-order valence-corrected chi connectivity index (χ2v) is 9.64.